The van der Waals surface area contributed by atoms with E-state index in [2.05, 4.69) is 0 Å². The standard InChI is InChI=1S/C16H8F7N3O/c17-11-5-9(4-10(6-11)15(18,19)20)14(27)26-25-13-2-1-8(7-24)3-12(13)16(21,22)23/h1-6,25H,(H,26,27). The normalized spacial score (nSPS) is 11.6. The highest BCUT2D eigenvalue weighted by molar-refractivity contribution is 5.95. The maximum absolute atomic E-state index is 13.3. The molecule has 142 valence electrons. The summed E-state index contributed by atoms with van der Waals surface area (Å²) in [7, 11) is 0. The molecule has 0 saturated heterocycles. The van der Waals surface area contributed by atoms with Gasteiger partial charge >= 0.3 is 12.4 Å². The Kier molecular flexibility index (Phi) is 5.30. The molecule has 0 radical (unpaired) electrons. The van der Waals surface area contributed by atoms with E-state index in [1.54, 1.807) is 5.43 Å². The van der Waals surface area contributed by atoms with Crippen molar-refractivity contribution < 1.29 is 35.5 Å². The smallest absolute Gasteiger partial charge is 0.298 e. The molecule has 2 N–H and O–H groups in total. The second-order valence-corrected chi connectivity index (χ2v) is 5.18. The molecule has 0 bridgehead atoms. The number of carbonyl (C=O) groups excluding carboxylic acids is 1. The highest BCUT2D eigenvalue weighted by Gasteiger charge is 2.34. The quantitative estimate of drug-likeness (QED) is 0.599. The minimum absolute atomic E-state index is 0.173. The molecule has 2 aromatic carbocycles. The predicted octanol–water partition coefficient (Wildman–Crippen LogP) is 4.49. The van der Waals surface area contributed by atoms with E-state index in [9.17, 15) is 35.5 Å². The number of alkyl halides is 6. The van der Waals surface area contributed by atoms with Crippen LogP contribution in [0, 0.1) is 17.1 Å². The average Bonchev–Trinajstić information content (AvgIpc) is 2.57. The summed E-state index contributed by atoms with van der Waals surface area (Å²) in [6, 6.07) is 4.96. The molecular weight excluding hydrogens is 383 g/mol. The molecule has 27 heavy (non-hydrogen) atoms. The van der Waals surface area contributed by atoms with Crippen LogP contribution in [0.15, 0.2) is 36.4 Å². The molecule has 0 aliphatic rings. The minimum Gasteiger partial charge on any atom is -0.298 e. The third-order valence-electron chi connectivity index (χ3n) is 3.25. The summed E-state index contributed by atoms with van der Waals surface area (Å²) in [5.41, 5.74) is -0.725. The molecule has 11 heteroatoms. The van der Waals surface area contributed by atoms with Crippen molar-refractivity contribution in [2.75, 3.05) is 5.43 Å². The number of nitrogens with one attached hydrogen (secondary N) is 2. The number of benzene rings is 2. The molecule has 0 atom stereocenters. The van der Waals surface area contributed by atoms with Crippen molar-refractivity contribution in [1.82, 2.24) is 5.43 Å². The molecule has 0 unspecified atom stereocenters. The molecular formula is C16H8F7N3O. The van der Waals surface area contributed by atoms with Gasteiger partial charge in [-0.15, -0.1) is 0 Å². The van der Waals surface area contributed by atoms with Gasteiger partial charge in [0.05, 0.1) is 28.4 Å². The molecule has 0 aliphatic carbocycles. The summed E-state index contributed by atoms with van der Waals surface area (Å²) in [5, 5.41) is 8.67. The predicted molar refractivity (Wildman–Crippen MR) is 78.6 cm³/mol. The molecule has 2 rings (SSSR count). The number of anilines is 1. The Hall–Kier alpha value is -3.29. The molecule has 0 saturated carbocycles. The van der Waals surface area contributed by atoms with Gasteiger partial charge in [0.2, 0.25) is 0 Å². The Labute approximate surface area is 147 Å². The van der Waals surface area contributed by atoms with Gasteiger partial charge in [0, 0.05) is 5.56 Å². The first-order chi connectivity index (χ1) is 12.4. The van der Waals surface area contributed by atoms with Gasteiger partial charge in [0.15, 0.2) is 0 Å². The molecule has 0 aliphatic heterocycles. The van der Waals surface area contributed by atoms with E-state index in [0.717, 1.165) is 12.1 Å². The molecule has 0 fully saturated rings. The van der Waals surface area contributed by atoms with Crippen LogP contribution in [0.4, 0.5) is 36.4 Å². The highest BCUT2D eigenvalue weighted by Crippen LogP contribution is 2.35. The van der Waals surface area contributed by atoms with Gasteiger partial charge in [0.25, 0.3) is 5.91 Å². The van der Waals surface area contributed by atoms with Crippen LogP contribution in [0.25, 0.3) is 0 Å². The van der Waals surface area contributed by atoms with E-state index in [1.165, 1.54) is 6.07 Å². The van der Waals surface area contributed by atoms with Crippen LogP contribution in [0.3, 0.4) is 0 Å². The summed E-state index contributed by atoms with van der Waals surface area (Å²) in [6.45, 7) is 0. The third-order valence-corrected chi connectivity index (χ3v) is 3.25. The van der Waals surface area contributed by atoms with Crippen molar-refractivity contribution in [1.29, 1.82) is 5.26 Å². The fourth-order valence-corrected chi connectivity index (χ4v) is 2.04. The van der Waals surface area contributed by atoms with Crippen LogP contribution in [-0.4, -0.2) is 5.91 Å². The van der Waals surface area contributed by atoms with Gasteiger partial charge < -0.3 is 0 Å². The van der Waals surface area contributed by atoms with Crippen LogP contribution in [0.2, 0.25) is 0 Å². The van der Waals surface area contributed by atoms with Crippen molar-refractivity contribution >= 4 is 11.6 Å². The lowest BCUT2D eigenvalue weighted by molar-refractivity contribution is -0.138. The van der Waals surface area contributed by atoms with Crippen molar-refractivity contribution in [3.8, 4) is 6.07 Å². The first-order valence-electron chi connectivity index (χ1n) is 6.97. The zero-order valence-electron chi connectivity index (χ0n) is 13.0. The lowest BCUT2D eigenvalue weighted by atomic mass is 10.1. The number of amides is 1. The summed E-state index contributed by atoms with van der Waals surface area (Å²) >= 11 is 0. The van der Waals surface area contributed by atoms with Crippen molar-refractivity contribution in [2.24, 2.45) is 0 Å². The van der Waals surface area contributed by atoms with E-state index in [1.807, 2.05) is 5.43 Å². The van der Waals surface area contributed by atoms with Gasteiger partial charge in [-0.3, -0.25) is 15.6 Å². The molecule has 4 nitrogen and oxygen atoms in total. The number of hydrogen-bond donors (Lipinski definition) is 2. The van der Waals surface area contributed by atoms with E-state index in [4.69, 9.17) is 5.26 Å². The second-order valence-electron chi connectivity index (χ2n) is 5.18. The van der Waals surface area contributed by atoms with Crippen LogP contribution in [-0.2, 0) is 12.4 Å². The van der Waals surface area contributed by atoms with E-state index in [-0.39, 0.29) is 11.6 Å². The van der Waals surface area contributed by atoms with Crippen LogP contribution >= 0.6 is 0 Å². The molecule has 0 spiro atoms. The molecule has 0 aromatic heterocycles. The second kappa shape index (κ2) is 7.14. The van der Waals surface area contributed by atoms with Gasteiger partial charge in [0.1, 0.15) is 5.82 Å². The topological polar surface area (TPSA) is 64.9 Å². The summed E-state index contributed by atoms with van der Waals surface area (Å²) in [6.07, 6.45) is -9.79. The fourth-order valence-electron chi connectivity index (χ4n) is 2.04. The van der Waals surface area contributed by atoms with E-state index < -0.39 is 46.5 Å². The molecule has 0 heterocycles. The number of hydrogen-bond acceptors (Lipinski definition) is 3. The fraction of sp³-hybridized carbons (Fsp3) is 0.125. The first kappa shape index (κ1) is 20.0. The maximum Gasteiger partial charge on any atom is 0.418 e. The number of halogens is 7. The van der Waals surface area contributed by atoms with Crippen molar-refractivity contribution in [3.63, 3.8) is 0 Å². The first-order valence-corrected chi connectivity index (χ1v) is 6.97. The lowest BCUT2D eigenvalue weighted by Crippen LogP contribution is -2.31. The number of hydrazine groups is 1. The van der Waals surface area contributed by atoms with Gasteiger partial charge in [-0.1, -0.05) is 0 Å². The number of nitrogens with zero attached hydrogens (tertiary/aromatic N) is 1. The van der Waals surface area contributed by atoms with Gasteiger partial charge in [-0.05, 0) is 36.4 Å². The average molecular weight is 391 g/mol. The lowest BCUT2D eigenvalue weighted by Gasteiger charge is -2.16. The van der Waals surface area contributed by atoms with Crippen LogP contribution in [0.1, 0.15) is 27.0 Å². The Morgan fingerprint density at radius 3 is 2.19 bits per heavy atom. The summed E-state index contributed by atoms with van der Waals surface area (Å²) in [4.78, 5) is 11.9. The van der Waals surface area contributed by atoms with E-state index >= 15 is 0 Å². The van der Waals surface area contributed by atoms with Crippen molar-refractivity contribution in [3.05, 3.63) is 64.5 Å². The zero-order chi connectivity index (χ0) is 20.4. The summed E-state index contributed by atoms with van der Waals surface area (Å²) < 4.78 is 90.3. The third kappa shape index (κ3) is 4.87. The Morgan fingerprint density at radius 1 is 0.963 bits per heavy atom. The van der Waals surface area contributed by atoms with Crippen LogP contribution < -0.4 is 10.9 Å². The largest absolute Gasteiger partial charge is 0.418 e. The van der Waals surface area contributed by atoms with E-state index in [0.29, 0.717) is 18.2 Å². The number of rotatable bonds is 3. The molecule has 1 amide bonds. The highest BCUT2D eigenvalue weighted by atomic mass is 19.4. The number of carbonyl (C=O) groups is 1. The maximum atomic E-state index is 13.3. The minimum atomic E-state index is -4.92. The SMILES string of the molecule is N#Cc1ccc(NNC(=O)c2cc(F)cc(C(F)(F)F)c2)c(C(F)(F)F)c1. The zero-order valence-corrected chi connectivity index (χ0v) is 13.0. The van der Waals surface area contributed by atoms with Gasteiger partial charge in [-0.2, -0.15) is 31.6 Å². The monoisotopic (exact) mass is 391 g/mol. The van der Waals surface area contributed by atoms with Gasteiger partial charge in [-0.25, -0.2) is 4.39 Å². The number of nitriles is 1. The van der Waals surface area contributed by atoms with Crippen LogP contribution in [0.5, 0.6) is 0 Å². The Morgan fingerprint density at radius 2 is 1.63 bits per heavy atom. The molecule has 2 aromatic rings. The van der Waals surface area contributed by atoms with Crippen molar-refractivity contribution in [2.45, 2.75) is 12.4 Å². The Balaban J connectivity index is 2.27. The summed E-state index contributed by atoms with van der Waals surface area (Å²) in [5.74, 6) is -2.64. The Bertz CT molecular complexity index is 914.